The number of carboxylic acid groups (broad SMARTS) is 2. The van der Waals surface area contributed by atoms with Gasteiger partial charge in [-0.1, -0.05) is 12.1 Å². The van der Waals surface area contributed by atoms with Crippen LogP contribution in [0.15, 0.2) is 24.3 Å². The van der Waals surface area contributed by atoms with Crippen molar-refractivity contribution in [2.24, 2.45) is 0 Å². The summed E-state index contributed by atoms with van der Waals surface area (Å²) in [5, 5.41) is 29.2. The average molecular weight is 352 g/mol. The fraction of sp³-hybridized carbons (Fsp3) is 0.556. The van der Waals surface area contributed by atoms with Gasteiger partial charge < -0.3 is 20.6 Å². The summed E-state index contributed by atoms with van der Waals surface area (Å²) in [6.45, 7) is 9.92. The van der Waals surface area contributed by atoms with Crippen LogP contribution < -0.4 is 5.32 Å². The summed E-state index contributed by atoms with van der Waals surface area (Å²) in [6, 6.07) is 6.04. The standard InChI is InChI=1S/C9H20N2O.C9H8O4/c1-9(2,3)11-5-4-10-8(6-11)7-12;10-8(11)5-6-1-3-7(4-2-6)9(12)13/h8,10,12H,4-7H2,1-3H3;1-4H,5H2,(H,10,11)(H,12,13). The van der Waals surface area contributed by atoms with Crippen LogP contribution in [0.25, 0.3) is 0 Å². The molecule has 4 N–H and O–H groups in total. The van der Waals surface area contributed by atoms with E-state index in [2.05, 4.69) is 31.0 Å². The molecule has 1 heterocycles. The van der Waals surface area contributed by atoms with Crippen LogP contribution in [-0.4, -0.2) is 70.0 Å². The Balaban J connectivity index is 0.000000251. The number of benzene rings is 1. The number of aliphatic carboxylic acids is 1. The Morgan fingerprint density at radius 1 is 1.20 bits per heavy atom. The Bertz CT molecular complexity index is 566. The van der Waals surface area contributed by atoms with Gasteiger partial charge in [0.2, 0.25) is 0 Å². The minimum Gasteiger partial charge on any atom is -0.481 e. The molecule has 1 aliphatic heterocycles. The van der Waals surface area contributed by atoms with Gasteiger partial charge in [-0.2, -0.15) is 0 Å². The predicted molar refractivity (Wildman–Crippen MR) is 94.9 cm³/mol. The fourth-order valence-corrected chi connectivity index (χ4v) is 2.50. The molecule has 1 aromatic rings. The Hall–Kier alpha value is -1.96. The summed E-state index contributed by atoms with van der Waals surface area (Å²) in [5.74, 6) is -1.94. The second kappa shape index (κ2) is 9.50. The number of nitrogens with zero attached hydrogens (tertiary/aromatic N) is 1. The largest absolute Gasteiger partial charge is 0.481 e. The summed E-state index contributed by atoms with van der Waals surface area (Å²) in [4.78, 5) is 23.1. The SMILES string of the molecule is CC(C)(C)N1CCNC(CO)C1.O=C(O)Cc1ccc(C(=O)O)cc1. The summed E-state index contributed by atoms with van der Waals surface area (Å²) in [5.41, 5.74) is 0.988. The zero-order valence-electron chi connectivity index (χ0n) is 15.0. The van der Waals surface area contributed by atoms with Gasteiger partial charge in [-0.3, -0.25) is 9.69 Å². The van der Waals surface area contributed by atoms with Crippen LogP contribution in [0.5, 0.6) is 0 Å². The van der Waals surface area contributed by atoms with E-state index in [1.807, 2.05) is 0 Å². The van der Waals surface area contributed by atoms with Crippen molar-refractivity contribution in [2.45, 2.75) is 38.8 Å². The van der Waals surface area contributed by atoms with E-state index >= 15 is 0 Å². The number of aliphatic hydroxyl groups excluding tert-OH is 1. The summed E-state index contributed by atoms with van der Waals surface area (Å²) >= 11 is 0. The second-order valence-corrected chi connectivity index (χ2v) is 7.02. The normalized spacial score (nSPS) is 18.2. The minimum absolute atomic E-state index is 0.0834. The van der Waals surface area contributed by atoms with Crippen molar-refractivity contribution in [1.29, 1.82) is 0 Å². The van der Waals surface area contributed by atoms with Crippen molar-refractivity contribution in [3.63, 3.8) is 0 Å². The van der Waals surface area contributed by atoms with Gasteiger partial charge in [0.25, 0.3) is 0 Å². The molecule has 25 heavy (non-hydrogen) atoms. The predicted octanol–water partition coefficient (Wildman–Crippen LogP) is 1.06. The first kappa shape index (κ1) is 21.1. The minimum atomic E-state index is -1.01. The van der Waals surface area contributed by atoms with Gasteiger partial charge in [0.1, 0.15) is 0 Å². The topological polar surface area (TPSA) is 110 Å². The lowest BCUT2D eigenvalue weighted by Gasteiger charge is -2.41. The first-order chi connectivity index (χ1) is 11.6. The number of nitrogens with one attached hydrogen (secondary N) is 1. The maximum atomic E-state index is 10.4. The highest BCUT2D eigenvalue weighted by Crippen LogP contribution is 2.14. The van der Waals surface area contributed by atoms with E-state index in [1.165, 1.54) is 24.3 Å². The van der Waals surface area contributed by atoms with Crippen LogP contribution in [-0.2, 0) is 11.2 Å². The molecule has 1 saturated heterocycles. The smallest absolute Gasteiger partial charge is 0.335 e. The van der Waals surface area contributed by atoms with Gasteiger partial charge in [-0.15, -0.1) is 0 Å². The Morgan fingerprint density at radius 3 is 2.24 bits per heavy atom. The molecule has 0 spiro atoms. The summed E-state index contributed by atoms with van der Waals surface area (Å²) in [6.07, 6.45) is -0.0834. The van der Waals surface area contributed by atoms with E-state index in [1.54, 1.807) is 0 Å². The molecule has 0 saturated carbocycles. The molecule has 0 amide bonds. The highest BCUT2D eigenvalue weighted by molar-refractivity contribution is 5.87. The van der Waals surface area contributed by atoms with Crippen molar-refractivity contribution >= 4 is 11.9 Å². The van der Waals surface area contributed by atoms with Crippen LogP contribution >= 0.6 is 0 Å². The van der Waals surface area contributed by atoms with E-state index in [-0.39, 0.29) is 30.2 Å². The van der Waals surface area contributed by atoms with Crippen LogP contribution in [0.3, 0.4) is 0 Å². The van der Waals surface area contributed by atoms with E-state index in [4.69, 9.17) is 15.3 Å². The maximum absolute atomic E-state index is 10.4. The van der Waals surface area contributed by atoms with Crippen LogP contribution in [0.1, 0.15) is 36.7 Å². The molecule has 7 nitrogen and oxygen atoms in total. The molecule has 1 unspecified atom stereocenters. The number of hydrogen-bond donors (Lipinski definition) is 4. The highest BCUT2D eigenvalue weighted by atomic mass is 16.4. The van der Waals surface area contributed by atoms with Gasteiger partial charge in [-0.05, 0) is 38.5 Å². The molecule has 2 rings (SSSR count). The third-order valence-corrected chi connectivity index (χ3v) is 3.98. The first-order valence-electron chi connectivity index (χ1n) is 8.26. The Morgan fingerprint density at radius 2 is 1.80 bits per heavy atom. The van der Waals surface area contributed by atoms with Gasteiger partial charge in [0.15, 0.2) is 0 Å². The molecule has 1 aliphatic rings. The molecule has 7 heteroatoms. The van der Waals surface area contributed by atoms with Crippen molar-refractivity contribution in [2.75, 3.05) is 26.2 Å². The number of rotatable bonds is 4. The monoisotopic (exact) mass is 352 g/mol. The van der Waals surface area contributed by atoms with Gasteiger partial charge >= 0.3 is 11.9 Å². The molecule has 0 bridgehead atoms. The Kier molecular flexibility index (Phi) is 8.02. The lowest BCUT2D eigenvalue weighted by atomic mass is 10.0. The molecule has 1 aromatic carbocycles. The molecule has 0 aliphatic carbocycles. The number of hydrogen-bond acceptors (Lipinski definition) is 5. The maximum Gasteiger partial charge on any atom is 0.335 e. The number of piperazine rings is 1. The van der Waals surface area contributed by atoms with E-state index in [0.29, 0.717) is 5.56 Å². The summed E-state index contributed by atoms with van der Waals surface area (Å²) in [7, 11) is 0. The van der Waals surface area contributed by atoms with Crippen molar-refractivity contribution < 1.29 is 24.9 Å². The van der Waals surface area contributed by atoms with Gasteiger partial charge in [-0.25, -0.2) is 4.79 Å². The van der Waals surface area contributed by atoms with E-state index < -0.39 is 11.9 Å². The number of carbonyl (C=O) groups is 2. The zero-order valence-corrected chi connectivity index (χ0v) is 15.0. The third-order valence-electron chi connectivity index (χ3n) is 3.98. The van der Waals surface area contributed by atoms with Crippen molar-refractivity contribution in [3.8, 4) is 0 Å². The molecule has 0 radical (unpaired) electrons. The number of carboxylic acids is 2. The van der Waals surface area contributed by atoms with Crippen LogP contribution in [0.2, 0.25) is 0 Å². The van der Waals surface area contributed by atoms with Crippen molar-refractivity contribution in [3.05, 3.63) is 35.4 Å². The second-order valence-electron chi connectivity index (χ2n) is 7.02. The quantitative estimate of drug-likeness (QED) is 0.641. The highest BCUT2D eigenvalue weighted by Gasteiger charge is 2.26. The molecule has 1 atom stereocenters. The molecule has 0 aromatic heterocycles. The Labute approximate surface area is 148 Å². The first-order valence-corrected chi connectivity index (χ1v) is 8.26. The average Bonchev–Trinajstić information content (AvgIpc) is 2.54. The lowest BCUT2D eigenvalue weighted by molar-refractivity contribution is -0.136. The van der Waals surface area contributed by atoms with Gasteiger partial charge in [0, 0.05) is 31.2 Å². The van der Waals surface area contributed by atoms with Gasteiger partial charge in [0.05, 0.1) is 18.6 Å². The number of aliphatic hydroxyl groups is 1. The van der Waals surface area contributed by atoms with E-state index in [9.17, 15) is 9.59 Å². The lowest BCUT2D eigenvalue weighted by Crippen LogP contribution is -2.57. The molecular weight excluding hydrogens is 324 g/mol. The van der Waals surface area contributed by atoms with Crippen LogP contribution in [0.4, 0.5) is 0 Å². The number of aromatic carboxylic acids is 1. The summed E-state index contributed by atoms with van der Waals surface area (Å²) < 4.78 is 0. The van der Waals surface area contributed by atoms with E-state index in [0.717, 1.165) is 19.6 Å². The van der Waals surface area contributed by atoms with Crippen LogP contribution in [0, 0.1) is 0 Å². The molecule has 1 fully saturated rings. The molecular formula is C18H28N2O5. The third kappa shape index (κ3) is 7.64. The van der Waals surface area contributed by atoms with Crippen molar-refractivity contribution in [1.82, 2.24) is 10.2 Å². The zero-order chi connectivity index (χ0) is 19.0. The molecule has 140 valence electrons. The fourth-order valence-electron chi connectivity index (χ4n) is 2.50.